The molecule has 1 aliphatic carbocycles. The summed E-state index contributed by atoms with van der Waals surface area (Å²) in [5, 5.41) is 8.60. The highest BCUT2D eigenvalue weighted by atomic mass is 15.3. The van der Waals surface area contributed by atoms with Crippen molar-refractivity contribution in [3.8, 4) is 0 Å². The molecule has 2 atom stereocenters. The zero-order valence-electron chi connectivity index (χ0n) is 10.4. The highest BCUT2D eigenvalue weighted by Gasteiger charge is 2.34. The minimum atomic E-state index is 0.612. The van der Waals surface area contributed by atoms with Crippen LogP contribution in [0.15, 0.2) is 6.20 Å². The maximum Gasteiger partial charge on any atom is 0.0688 e. The molecule has 0 aromatic carbocycles. The lowest BCUT2D eigenvalue weighted by atomic mass is 9.96. The minimum absolute atomic E-state index is 0.612. The highest BCUT2D eigenvalue weighted by Crippen LogP contribution is 2.37. The van der Waals surface area contributed by atoms with Crippen LogP contribution in [0.1, 0.15) is 68.3 Å². The fourth-order valence-electron chi connectivity index (χ4n) is 3.88. The Morgan fingerprint density at radius 3 is 2.88 bits per heavy atom. The molecule has 2 bridgehead atoms. The van der Waals surface area contributed by atoms with Crippen LogP contribution in [0.5, 0.6) is 0 Å². The molecule has 0 unspecified atom stereocenters. The molecule has 2 aliphatic heterocycles. The average Bonchev–Trinajstić information content (AvgIpc) is 2.97. The summed E-state index contributed by atoms with van der Waals surface area (Å²) in [5.74, 6) is 0. The molecule has 92 valence electrons. The van der Waals surface area contributed by atoms with Gasteiger partial charge in [-0.2, -0.15) is 5.10 Å². The number of nitrogens with zero attached hydrogens (tertiary/aromatic N) is 2. The second kappa shape index (κ2) is 3.84. The Labute approximate surface area is 103 Å². The van der Waals surface area contributed by atoms with Crippen LogP contribution in [-0.2, 0) is 6.42 Å². The van der Waals surface area contributed by atoms with Crippen molar-refractivity contribution >= 4 is 0 Å². The predicted molar refractivity (Wildman–Crippen MR) is 67.0 cm³/mol. The van der Waals surface area contributed by atoms with Crippen molar-refractivity contribution in [1.29, 1.82) is 0 Å². The fourth-order valence-corrected chi connectivity index (χ4v) is 3.88. The largest absolute Gasteiger partial charge is 0.307 e. The van der Waals surface area contributed by atoms with Crippen molar-refractivity contribution in [3.05, 3.63) is 17.5 Å². The van der Waals surface area contributed by atoms with Crippen molar-refractivity contribution < 1.29 is 0 Å². The third-order valence-electron chi connectivity index (χ3n) is 4.85. The predicted octanol–water partition coefficient (Wildman–Crippen LogP) is 2.74. The van der Waals surface area contributed by atoms with Crippen LogP contribution in [0.3, 0.4) is 0 Å². The Morgan fingerprint density at radius 1 is 1.12 bits per heavy atom. The van der Waals surface area contributed by atoms with Crippen LogP contribution in [0.2, 0.25) is 0 Å². The van der Waals surface area contributed by atoms with Crippen molar-refractivity contribution in [3.63, 3.8) is 0 Å². The van der Waals surface area contributed by atoms with Gasteiger partial charge in [-0.05, 0) is 25.7 Å². The Bertz CT molecular complexity index is 417. The van der Waals surface area contributed by atoms with E-state index in [2.05, 4.69) is 16.2 Å². The van der Waals surface area contributed by atoms with Gasteiger partial charge in [0.05, 0.1) is 11.7 Å². The summed E-state index contributed by atoms with van der Waals surface area (Å²) < 4.78 is 2.30. The third-order valence-corrected chi connectivity index (χ3v) is 4.85. The number of hydrogen-bond acceptors (Lipinski definition) is 2. The second-order valence-electron chi connectivity index (χ2n) is 6.00. The summed E-state index contributed by atoms with van der Waals surface area (Å²) in [5.41, 5.74) is 2.89. The molecule has 0 spiro atoms. The van der Waals surface area contributed by atoms with Gasteiger partial charge in [0.15, 0.2) is 0 Å². The Balaban J connectivity index is 1.64. The van der Waals surface area contributed by atoms with E-state index in [-0.39, 0.29) is 0 Å². The first-order valence-electron chi connectivity index (χ1n) is 7.24. The van der Waals surface area contributed by atoms with E-state index in [1.54, 1.807) is 0 Å². The molecular formula is C14H21N3. The lowest BCUT2D eigenvalue weighted by molar-refractivity contribution is 0.327. The van der Waals surface area contributed by atoms with E-state index in [0.717, 1.165) is 6.42 Å². The van der Waals surface area contributed by atoms with Crippen LogP contribution in [0.25, 0.3) is 0 Å². The van der Waals surface area contributed by atoms with Gasteiger partial charge in [-0.1, -0.05) is 19.3 Å². The molecule has 3 nitrogen and oxygen atoms in total. The summed E-state index contributed by atoms with van der Waals surface area (Å²) in [6.45, 7) is 0. The number of hydrogen-bond donors (Lipinski definition) is 1. The molecule has 3 aliphatic rings. The normalized spacial score (nSPS) is 32.7. The average molecular weight is 231 g/mol. The van der Waals surface area contributed by atoms with E-state index < -0.39 is 0 Å². The maximum absolute atomic E-state index is 4.89. The lowest BCUT2D eigenvalue weighted by Crippen LogP contribution is -2.31. The summed E-state index contributed by atoms with van der Waals surface area (Å²) >= 11 is 0. The van der Waals surface area contributed by atoms with Gasteiger partial charge in [0.1, 0.15) is 0 Å². The van der Waals surface area contributed by atoms with Gasteiger partial charge < -0.3 is 5.32 Å². The van der Waals surface area contributed by atoms with Gasteiger partial charge in [0.2, 0.25) is 0 Å². The summed E-state index contributed by atoms with van der Waals surface area (Å²) in [6, 6.07) is 2.01. The zero-order chi connectivity index (χ0) is 11.2. The van der Waals surface area contributed by atoms with Crippen molar-refractivity contribution in [2.75, 3.05) is 0 Å². The van der Waals surface area contributed by atoms with E-state index in [4.69, 9.17) is 5.10 Å². The molecule has 0 amide bonds. The van der Waals surface area contributed by atoms with E-state index in [9.17, 15) is 0 Å². The number of fused-ring (bicyclic) bond motifs is 4. The van der Waals surface area contributed by atoms with E-state index in [0.29, 0.717) is 18.1 Å². The van der Waals surface area contributed by atoms with Crippen molar-refractivity contribution in [2.45, 2.75) is 69.5 Å². The Hall–Kier alpha value is -0.830. The van der Waals surface area contributed by atoms with E-state index in [1.807, 2.05) is 0 Å². The first kappa shape index (κ1) is 10.1. The lowest BCUT2D eigenvalue weighted by Gasteiger charge is -2.21. The van der Waals surface area contributed by atoms with Crippen LogP contribution in [-0.4, -0.2) is 15.8 Å². The van der Waals surface area contributed by atoms with Gasteiger partial charge in [0, 0.05) is 30.3 Å². The van der Waals surface area contributed by atoms with Crippen molar-refractivity contribution in [2.24, 2.45) is 0 Å². The summed E-state index contributed by atoms with van der Waals surface area (Å²) in [6.07, 6.45) is 13.0. The fraction of sp³-hybridized carbons (Fsp3) is 0.786. The molecule has 1 saturated carbocycles. The first-order chi connectivity index (χ1) is 8.40. The van der Waals surface area contributed by atoms with Gasteiger partial charge in [-0.25, -0.2) is 0 Å². The van der Waals surface area contributed by atoms with E-state index >= 15 is 0 Å². The maximum atomic E-state index is 4.89. The first-order valence-corrected chi connectivity index (χ1v) is 7.24. The third kappa shape index (κ3) is 1.63. The van der Waals surface area contributed by atoms with Gasteiger partial charge in [-0.3, -0.25) is 4.68 Å². The second-order valence-corrected chi connectivity index (χ2v) is 6.00. The molecule has 0 radical (unpaired) electrons. The van der Waals surface area contributed by atoms with E-state index in [1.165, 1.54) is 56.2 Å². The standard InChI is InChI=1S/C14H21N3/c1-2-4-11(5-3-1)17-9-12-13-7-6-10(15-13)8-14(12)16-17/h9-11,13,15H,1-8H2/t10-,13+/m1/s1. The Kier molecular flexibility index (Phi) is 2.29. The smallest absolute Gasteiger partial charge is 0.0688 e. The molecule has 3 heterocycles. The zero-order valence-corrected chi connectivity index (χ0v) is 10.4. The SMILES string of the molecule is c1c2c(nn1C1CCCCC1)C[C@H]1CC[C@@H]2N1. The molecule has 17 heavy (non-hydrogen) atoms. The topological polar surface area (TPSA) is 29.9 Å². The molecule has 1 aromatic rings. The quantitative estimate of drug-likeness (QED) is 0.805. The van der Waals surface area contributed by atoms with Crippen LogP contribution < -0.4 is 5.32 Å². The monoisotopic (exact) mass is 231 g/mol. The summed E-state index contributed by atoms with van der Waals surface area (Å²) in [4.78, 5) is 0. The highest BCUT2D eigenvalue weighted by molar-refractivity contribution is 5.28. The Morgan fingerprint density at radius 2 is 2.00 bits per heavy atom. The van der Waals surface area contributed by atoms with Crippen LogP contribution >= 0.6 is 0 Å². The molecule has 4 rings (SSSR count). The molecule has 3 heteroatoms. The van der Waals surface area contributed by atoms with Gasteiger partial charge >= 0.3 is 0 Å². The van der Waals surface area contributed by atoms with Crippen LogP contribution in [0.4, 0.5) is 0 Å². The molecule has 1 N–H and O–H groups in total. The van der Waals surface area contributed by atoms with Crippen LogP contribution in [0, 0.1) is 0 Å². The number of aromatic nitrogens is 2. The summed E-state index contributed by atoms with van der Waals surface area (Å²) in [7, 11) is 0. The van der Waals surface area contributed by atoms with Gasteiger partial charge in [-0.15, -0.1) is 0 Å². The minimum Gasteiger partial charge on any atom is -0.307 e. The van der Waals surface area contributed by atoms with Crippen molar-refractivity contribution in [1.82, 2.24) is 15.1 Å². The molecule has 2 fully saturated rings. The molecular weight excluding hydrogens is 210 g/mol. The number of rotatable bonds is 1. The molecule has 1 aromatic heterocycles. The molecule has 1 saturated heterocycles. The number of nitrogens with one attached hydrogen (secondary N) is 1. The van der Waals surface area contributed by atoms with Gasteiger partial charge in [0.25, 0.3) is 0 Å².